The van der Waals surface area contributed by atoms with Crippen LogP contribution in [0.4, 0.5) is 5.69 Å². The highest BCUT2D eigenvalue weighted by atomic mass is 16.5. The summed E-state index contributed by atoms with van der Waals surface area (Å²) in [5, 5.41) is 2.91. The van der Waals surface area contributed by atoms with Crippen molar-refractivity contribution < 1.29 is 9.53 Å². The van der Waals surface area contributed by atoms with Crippen LogP contribution in [-0.2, 0) is 6.61 Å². The van der Waals surface area contributed by atoms with Gasteiger partial charge in [-0.15, -0.1) is 0 Å². The molecule has 5 aromatic rings. The molecule has 158 valence electrons. The van der Waals surface area contributed by atoms with Crippen molar-refractivity contribution in [2.75, 3.05) is 5.32 Å². The maximum atomic E-state index is 12.6. The van der Waals surface area contributed by atoms with Crippen LogP contribution >= 0.6 is 0 Å². The summed E-state index contributed by atoms with van der Waals surface area (Å²) in [6.45, 7) is 2.39. The number of fused-ring (bicyclic) bond motifs is 1. The molecule has 0 radical (unpaired) electrons. The highest BCUT2D eigenvalue weighted by Gasteiger charge is 2.08. The molecule has 0 bridgehead atoms. The van der Waals surface area contributed by atoms with E-state index in [0.717, 1.165) is 28.3 Å². The van der Waals surface area contributed by atoms with Gasteiger partial charge in [0.05, 0.1) is 12.0 Å². The summed E-state index contributed by atoms with van der Waals surface area (Å²) in [5.74, 6) is 0.503. The predicted octanol–water partition coefficient (Wildman–Crippen LogP) is 4.66. The van der Waals surface area contributed by atoms with Gasteiger partial charge in [0.1, 0.15) is 18.0 Å². The lowest BCUT2D eigenvalue weighted by atomic mass is 10.2. The third-order valence-electron chi connectivity index (χ3n) is 5.16. The van der Waals surface area contributed by atoms with Gasteiger partial charge in [-0.3, -0.25) is 4.79 Å². The van der Waals surface area contributed by atoms with Crippen LogP contribution in [0.1, 0.15) is 21.6 Å². The summed E-state index contributed by atoms with van der Waals surface area (Å²) >= 11 is 0. The summed E-state index contributed by atoms with van der Waals surface area (Å²) in [4.78, 5) is 21.2. The molecule has 2 aromatic carbocycles. The van der Waals surface area contributed by atoms with Crippen LogP contribution in [0.25, 0.3) is 11.3 Å². The molecule has 0 aliphatic carbocycles. The molecule has 0 saturated carbocycles. The Kier molecular flexibility index (Phi) is 5.13. The van der Waals surface area contributed by atoms with Crippen molar-refractivity contribution in [1.29, 1.82) is 0 Å². The lowest BCUT2D eigenvalue weighted by Crippen LogP contribution is -2.11. The first kappa shape index (κ1) is 19.6. The molecule has 0 fully saturated rings. The number of imidazole rings is 2. The van der Waals surface area contributed by atoms with E-state index in [9.17, 15) is 4.79 Å². The molecule has 3 heterocycles. The molecular weight excluding hydrogens is 402 g/mol. The van der Waals surface area contributed by atoms with Gasteiger partial charge < -0.3 is 19.0 Å². The molecule has 0 aliphatic heterocycles. The molecule has 1 N–H and O–H groups in total. The second-order valence-corrected chi connectivity index (χ2v) is 7.44. The van der Waals surface area contributed by atoms with Gasteiger partial charge >= 0.3 is 0 Å². The number of nitrogens with one attached hydrogen (secondary N) is 1. The number of benzene rings is 2. The summed E-state index contributed by atoms with van der Waals surface area (Å²) in [5.41, 5.74) is 5.14. The molecule has 0 unspecified atom stereocenters. The number of hydrogen-bond acceptors (Lipinski definition) is 4. The number of pyridine rings is 1. The highest BCUT2D eigenvalue weighted by Crippen LogP contribution is 2.18. The van der Waals surface area contributed by atoms with Gasteiger partial charge in [-0.05, 0) is 67.1 Å². The third-order valence-corrected chi connectivity index (χ3v) is 5.16. The van der Waals surface area contributed by atoms with Crippen LogP contribution < -0.4 is 10.1 Å². The molecule has 0 atom stereocenters. The monoisotopic (exact) mass is 423 g/mol. The fourth-order valence-electron chi connectivity index (χ4n) is 3.47. The molecule has 0 aliphatic rings. The van der Waals surface area contributed by atoms with Gasteiger partial charge in [0, 0.05) is 41.7 Å². The smallest absolute Gasteiger partial charge is 0.255 e. The van der Waals surface area contributed by atoms with Crippen molar-refractivity contribution in [3.8, 4) is 11.4 Å². The van der Waals surface area contributed by atoms with Gasteiger partial charge in [-0.25, -0.2) is 9.97 Å². The Bertz CT molecular complexity index is 1350. The lowest BCUT2D eigenvalue weighted by Gasteiger charge is -2.08. The number of carbonyl (C=O) groups excluding carboxylic acids is 1. The third kappa shape index (κ3) is 4.09. The number of aryl methyl sites for hydroxylation is 1. The number of rotatable bonds is 6. The molecule has 7 heteroatoms. The summed E-state index contributed by atoms with van der Waals surface area (Å²) < 4.78 is 9.74. The zero-order chi connectivity index (χ0) is 21.9. The summed E-state index contributed by atoms with van der Waals surface area (Å²) in [6, 6.07) is 18.7. The summed E-state index contributed by atoms with van der Waals surface area (Å²) in [7, 11) is 0. The van der Waals surface area contributed by atoms with E-state index in [2.05, 4.69) is 15.3 Å². The van der Waals surface area contributed by atoms with Crippen LogP contribution in [0, 0.1) is 6.92 Å². The maximum Gasteiger partial charge on any atom is 0.255 e. The topological polar surface area (TPSA) is 73.5 Å². The Morgan fingerprint density at radius 3 is 2.56 bits per heavy atom. The van der Waals surface area contributed by atoms with Gasteiger partial charge in [0.25, 0.3) is 5.91 Å². The van der Waals surface area contributed by atoms with Crippen LogP contribution in [0.5, 0.6) is 5.75 Å². The second-order valence-electron chi connectivity index (χ2n) is 7.44. The van der Waals surface area contributed by atoms with Crippen LogP contribution in [0.15, 0.2) is 91.8 Å². The quantitative estimate of drug-likeness (QED) is 0.431. The first-order valence-corrected chi connectivity index (χ1v) is 10.2. The fraction of sp³-hybridized carbons (Fsp3) is 0.0800. The highest BCUT2D eigenvalue weighted by molar-refractivity contribution is 6.04. The molecular formula is C25H21N5O2. The molecule has 32 heavy (non-hydrogen) atoms. The number of anilines is 1. The van der Waals surface area contributed by atoms with Gasteiger partial charge in [-0.1, -0.05) is 6.07 Å². The molecule has 1 amide bonds. The van der Waals surface area contributed by atoms with Crippen molar-refractivity contribution in [2.24, 2.45) is 0 Å². The molecule has 5 rings (SSSR count). The van der Waals surface area contributed by atoms with Crippen molar-refractivity contribution in [2.45, 2.75) is 13.5 Å². The Labute approximate surface area is 184 Å². The van der Waals surface area contributed by atoms with Gasteiger partial charge in [0.2, 0.25) is 0 Å². The van der Waals surface area contributed by atoms with Crippen LogP contribution in [0.3, 0.4) is 0 Å². The SMILES string of the molecule is Cc1cccn2cc(COc3ccc(C(=O)Nc4ccc(-n5ccnc5)cc4)cc3)nc12. The minimum Gasteiger partial charge on any atom is -0.487 e. The van der Waals surface area contributed by atoms with E-state index in [1.807, 2.05) is 70.9 Å². The Morgan fingerprint density at radius 2 is 1.84 bits per heavy atom. The number of ether oxygens (including phenoxy) is 1. The Hall–Kier alpha value is -4.39. The number of hydrogen-bond donors (Lipinski definition) is 1. The number of amides is 1. The normalized spacial score (nSPS) is 10.9. The molecule has 7 nitrogen and oxygen atoms in total. The van der Waals surface area contributed by atoms with Crippen LogP contribution in [-0.4, -0.2) is 24.8 Å². The van der Waals surface area contributed by atoms with E-state index in [-0.39, 0.29) is 5.91 Å². The zero-order valence-electron chi connectivity index (χ0n) is 17.5. The van der Waals surface area contributed by atoms with Crippen molar-refractivity contribution in [3.63, 3.8) is 0 Å². The number of aromatic nitrogens is 4. The Balaban J connectivity index is 1.20. The minimum absolute atomic E-state index is 0.178. The fourth-order valence-corrected chi connectivity index (χ4v) is 3.47. The predicted molar refractivity (Wildman–Crippen MR) is 122 cm³/mol. The van der Waals surface area contributed by atoms with Gasteiger partial charge in [0.15, 0.2) is 0 Å². The average Bonchev–Trinajstić information content (AvgIpc) is 3.49. The lowest BCUT2D eigenvalue weighted by molar-refractivity contribution is 0.102. The summed E-state index contributed by atoms with van der Waals surface area (Å²) in [6.07, 6.45) is 9.25. The molecule has 3 aromatic heterocycles. The first-order valence-electron chi connectivity index (χ1n) is 10.2. The maximum absolute atomic E-state index is 12.6. The number of carbonyl (C=O) groups is 1. The van der Waals surface area contributed by atoms with E-state index < -0.39 is 0 Å². The van der Waals surface area contributed by atoms with E-state index in [0.29, 0.717) is 17.9 Å². The van der Waals surface area contributed by atoms with Crippen molar-refractivity contribution in [3.05, 3.63) is 109 Å². The first-order chi connectivity index (χ1) is 15.7. The zero-order valence-corrected chi connectivity index (χ0v) is 17.5. The van der Waals surface area contributed by atoms with Gasteiger partial charge in [-0.2, -0.15) is 0 Å². The Morgan fingerprint density at radius 1 is 1.03 bits per heavy atom. The van der Waals surface area contributed by atoms with E-state index in [1.165, 1.54) is 0 Å². The average molecular weight is 423 g/mol. The largest absolute Gasteiger partial charge is 0.487 e. The van der Waals surface area contributed by atoms with E-state index >= 15 is 0 Å². The van der Waals surface area contributed by atoms with Crippen molar-refractivity contribution in [1.82, 2.24) is 18.9 Å². The second kappa shape index (κ2) is 8.39. The van der Waals surface area contributed by atoms with Crippen LogP contribution in [0.2, 0.25) is 0 Å². The minimum atomic E-state index is -0.178. The standard InChI is InChI=1S/C25H21N5O2/c1-18-3-2-13-29-15-21(27-24(18)29)16-32-23-10-4-19(5-11-23)25(31)28-20-6-8-22(9-7-20)30-14-12-26-17-30/h2-15,17H,16H2,1H3,(H,28,31). The molecule has 0 saturated heterocycles. The van der Waals surface area contributed by atoms with Crippen molar-refractivity contribution >= 4 is 17.2 Å². The molecule has 0 spiro atoms. The number of nitrogens with zero attached hydrogens (tertiary/aromatic N) is 4. The van der Waals surface area contributed by atoms with E-state index in [4.69, 9.17) is 4.74 Å². The van der Waals surface area contributed by atoms with E-state index in [1.54, 1.807) is 36.8 Å².